The van der Waals surface area contributed by atoms with E-state index in [-0.39, 0.29) is 5.56 Å². The highest BCUT2D eigenvalue weighted by Gasteiger charge is 2.19. The third kappa shape index (κ3) is 2.19. The lowest BCUT2D eigenvalue weighted by atomic mass is 10.1. The smallest absolute Gasteiger partial charge is 0.252 e. The van der Waals surface area contributed by atoms with E-state index in [1.807, 2.05) is 12.1 Å². The van der Waals surface area contributed by atoms with Crippen LogP contribution in [-0.4, -0.2) is 27.6 Å². The summed E-state index contributed by atoms with van der Waals surface area (Å²) in [5, 5.41) is 4.74. The number of halogens is 1. The summed E-state index contributed by atoms with van der Waals surface area (Å²) in [5.41, 5.74) is 7.53. The first-order chi connectivity index (χ1) is 10.1. The molecule has 1 amide bonds. The normalized spacial score (nSPS) is 10.8. The molecule has 0 aliphatic rings. The van der Waals surface area contributed by atoms with Crippen molar-refractivity contribution in [1.82, 2.24) is 14.6 Å². The lowest BCUT2D eigenvalue weighted by molar-refractivity contribution is 0.0997. The molecule has 6 nitrogen and oxygen atoms in total. The summed E-state index contributed by atoms with van der Waals surface area (Å²) in [7, 11) is 1.45. The minimum absolute atomic E-state index is 0.243. The lowest BCUT2D eigenvalue weighted by Gasteiger charge is -2.11. The van der Waals surface area contributed by atoms with E-state index in [0.717, 1.165) is 5.56 Å². The number of benzene rings is 1. The van der Waals surface area contributed by atoms with Crippen LogP contribution < -0.4 is 10.5 Å². The van der Waals surface area contributed by atoms with Crippen LogP contribution in [0, 0.1) is 0 Å². The second kappa shape index (κ2) is 5.06. The van der Waals surface area contributed by atoms with E-state index < -0.39 is 5.91 Å². The molecule has 0 atom stereocenters. The van der Waals surface area contributed by atoms with Crippen molar-refractivity contribution >= 4 is 23.2 Å². The van der Waals surface area contributed by atoms with Gasteiger partial charge in [-0.3, -0.25) is 4.79 Å². The first-order valence-electron chi connectivity index (χ1n) is 6.08. The largest absolute Gasteiger partial charge is 0.492 e. The van der Waals surface area contributed by atoms with E-state index in [0.29, 0.717) is 22.1 Å². The molecule has 21 heavy (non-hydrogen) atoms. The van der Waals surface area contributed by atoms with Gasteiger partial charge < -0.3 is 10.5 Å². The predicted molar refractivity (Wildman–Crippen MR) is 78.5 cm³/mol. The van der Waals surface area contributed by atoms with Crippen molar-refractivity contribution in [3.8, 4) is 17.0 Å². The number of nitrogens with two attached hydrogens (primary N) is 1. The second-order valence-electron chi connectivity index (χ2n) is 4.35. The molecule has 7 heteroatoms. The standard InChI is InChI=1S/C14H11ClN4O2/c1-21-12-10(13(16)20)6-11(19-14(12)17-7-18-19)8-3-2-4-9(15)5-8/h2-7H,1H3,(H2,16,20). The summed E-state index contributed by atoms with van der Waals surface area (Å²) in [4.78, 5) is 15.8. The summed E-state index contributed by atoms with van der Waals surface area (Å²) in [5.74, 6) is -0.300. The van der Waals surface area contributed by atoms with Crippen LogP contribution >= 0.6 is 11.6 Å². The number of carbonyl (C=O) groups excluding carboxylic acids is 1. The van der Waals surface area contributed by atoms with Gasteiger partial charge in [-0.15, -0.1) is 0 Å². The molecule has 1 aromatic carbocycles. The van der Waals surface area contributed by atoms with Gasteiger partial charge in [0.25, 0.3) is 5.91 Å². The van der Waals surface area contributed by atoms with Crippen molar-refractivity contribution in [3.63, 3.8) is 0 Å². The Kier molecular flexibility index (Phi) is 3.23. The summed E-state index contributed by atoms with van der Waals surface area (Å²) < 4.78 is 6.82. The highest BCUT2D eigenvalue weighted by Crippen LogP contribution is 2.30. The number of aromatic nitrogens is 3. The molecular formula is C14H11ClN4O2. The minimum Gasteiger partial charge on any atom is -0.492 e. The van der Waals surface area contributed by atoms with Crippen LogP contribution in [0.2, 0.25) is 5.02 Å². The molecule has 2 N–H and O–H groups in total. The Morgan fingerprint density at radius 3 is 2.86 bits per heavy atom. The van der Waals surface area contributed by atoms with E-state index in [9.17, 15) is 4.79 Å². The Morgan fingerprint density at radius 1 is 1.38 bits per heavy atom. The maximum atomic E-state index is 11.7. The third-order valence-corrected chi connectivity index (χ3v) is 3.33. The summed E-state index contributed by atoms with van der Waals surface area (Å²) in [6.45, 7) is 0. The quantitative estimate of drug-likeness (QED) is 0.803. The SMILES string of the molecule is COc1c(C(N)=O)cc(-c2cccc(Cl)c2)n2ncnc12. The second-order valence-corrected chi connectivity index (χ2v) is 4.78. The maximum Gasteiger partial charge on any atom is 0.252 e. The number of primary amides is 1. The number of ether oxygens (including phenoxy) is 1. The number of amides is 1. The van der Waals surface area contributed by atoms with Gasteiger partial charge in [-0.25, -0.2) is 9.50 Å². The van der Waals surface area contributed by atoms with Crippen molar-refractivity contribution in [2.45, 2.75) is 0 Å². The van der Waals surface area contributed by atoms with Crippen LogP contribution in [0.1, 0.15) is 10.4 Å². The van der Waals surface area contributed by atoms with Crippen molar-refractivity contribution < 1.29 is 9.53 Å². The predicted octanol–water partition coefficient (Wildman–Crippen LogP) is 2.16. The van der Waals surface area contributed by atoms with Crippen molar-refractivity contribution in [2.75, 3.05) is 7.11 Å². The lowest BCUT2D eigenvalue weighted by Crippen LogP contribution is -2.14. The number of pyridine rings is 1. The number of hydrogen-bond donors (Lipinski definition) is 1. The molecular weight excluding hydrogens is 292 g/mol. The number of rotatable bonds is 3. The zero-order valence-electron chi connectivity index (χ0n) is 11.1. The van der Waals surface area contributed by atoms with Gasteiger partial charge >= 0.3 is 0 Å². The fourth-order valence-corrected chi connectivity index (χ4v) is 2.38. The average Bonchev–Trinajstić information content (AvgIpc) is 2.94. The van der Waals surface area contributed by atoms with Crippen molar-refractivity contribution in [3.05, 3.63) is 47.2 Å². The minimum atomic E-state index is -0.597. The van der Waals surface area contributed by atoms with Crippen LogP contribution in [0.4, 0.5) is 0 Å². The van der Waals surface area contributed by atoms with Crippen LogP contribution in [0.5, 0.6) is 5.75 Å². The highest BCUT2D eigenvalue weighted by atomic mass is 35.5. The molecule has 0 saturated carbocycles. The van der Waals surface area contributed by atoms with E-state index in [4.69, 9.17) is 22.1 Å². The van der Waals surface area contributed by atoms with Gasteiger partial charge in [0.1, 0.15) is 6.33 Å². The summed E-state index contributed by atoms with van der Waals surface area (Å²) in [6.07, 6.45) is 1.39. The molecule has 0 unspecified atom stereocenters. The van der Waals surface area contributed by atoms with Gasteiger partial charge in [-0.1, -0.05) is 23.7 Å². The molecule has 106 valence electrons. The third-order valence-electron chi connectivity index (χ3n) is 3.09. The molecule has 0 saturated heterocycles. The topological polar surface area (TPSA) is 82.5 Å². The summed E-state index contributed by atoms with van der Waals surface area (Å²) in [6, 6.07) is 8.83. The molecule has 3 rings (SSSR count). The Labute approximate surface area is 125 Å². The van der Waals surface area contributed by atoms with E-state index >= 15 is 0 Å². The van der Waals surface area contributed by atoms with E-state index in [1.165, 1.54) is 13.4 Å². The molecule has 0 bridgehead atoms. The van der Waals surface area contributed by atoms with Gasteiger partial charge in [-0.2, -0.15) is 5.10 Å². The zero-order valence-corrected chi connectivity index (χ0v) is 11.8. The molecule has 3 aromatic rings. The fraction of sp³-hybridized carbons (Fsp3) is 0.0714. The monoisotopic (exact) mass is 302 g/mol. The van der Waals surface area contributed by atoms with E-state index in [1.54, 1.807) is 22.7 Å². The zero-order chi connectivity index (χ0) is 15.0. The highest BCUT2D eigenvalue weighted by molar-refractivity contribution is 6.30. The Bertz CT molecular complexity index is 844. The van der Waals surface area contributed by atoms with Crippen LogP contribution in [0.25, 0.3) is 16.9 Å². The number of fused-ring (bicyclic) bond motifs is 1. The van der Waals surface area contributed by atoms with Crippen molar-refractivity contribution in [2.24, 2.45) is 5.73 Å². The molecule has 0 spiro atoms. The summed E-state index contributed by atoms with van der Waals surface area (Å²) >= 11 is 6.02. The maximum absolute atomic E-state index is 11.7. The van der Waals surface area contributed by atoms with E-state index in [2.05, 4.69) is 10.1 Å². The van der Waals surface area contributed by atoms with Crippen molar-refractivity contribution in [1.29, 1.82) is 0 Å². The molecule has 0 aliphatic carbocycles. The van der Waals surface area contributed by atoms with Gasteiger partial charge in [0.15, 0.2) is 11.4 Å². The average molecular weight is 303 g/mol. The molecule has 0 aliphatic heterocycles. The van der Waals surface area contributed by atoms with Gasteiger partial charge in [0, 0.05) is 10.6 Å². The number of nitrogens with zero attached hydrogens (tertiary/aromatic N) is 3. The molecule has 0 radical (unpaired) electrons. The van der Waals surface area contributed by atoms with Gasteiger partial charge in [0.2, 0.25) is 0 Å². The Hall–Kier alpha value is -2.60. The first-order valence-corrected chi connectivity index (χ1v) is 6.46. The fourth-order valence-electron chi connectivity index (χ4n) is 2.19. The molecule has 2 aromatic heterocycles. The van der Waals surface area contributed by atoms with Crippen LogP contribution in [0.15, 0.2) is 36.7 Å². The van der Waals surface area contributed by atoms with Gasteiger partial charge in [-0.05, 0) is 18.2 Å². The number of methoxy groups -OCH3 is 1. The Morgan fingerprint density at radius 2 is 2.19 bits per heavy atom. The van der Waals surface area contributed by atoms with Crippen LogP contribution in [0.3, 0.4) is 0 Å². The molecule has 0 fully saturated rings. The Balaban J connectivity index is 2.38. The van der Waals surface area contributed by atoms with Crippen LogP contribution in [-0.2, 0) is 0 Å². The first kappa shape index (κ1) is 13.4. The molecule has 2 heterocycles. The number of hydrogen-bond acceptors (Lipinski definition) is 4. The number of carbonyl (C=O) groups is 1. The van der Waals surface area contributed by atoms with Gasteiger partial charge in [0.05, 0.1) is 18.4 Å².